The van der Waals surface area contributed by atoms with Crippen LogP contribution in [0, 0.1) is 0 Å². The number of amides is 3. The molecule has 106 valence electrons. The Morgan fingerprint density at radius 1 is 1.30 bits per heavy atom. The van der Waals surface area contributed by atoms with E-state index < -0.39 is 0 Å². The zero-order valence-corrected chi connectivity index (χ0v) is 11.6. The number of benzene rings is 1. The van der Waals surface area contributed by atoms with Crippen molar-refractivity contribution in [3.8, 4) is 0 Å². The third-order valence-corrected chi connectivity index (χ3v) is 3.90. The van der Waals surface area contributed by atoms with Crippen molar-refractivity contribution in [3.05, 3.63) is 35.4 Å². The molecule has 3 amide bonds. The van der Waals surface area contributed by atoms with Crippen LogP contribution >= 0.6 is 11.8 Å². The predicted molar refractivity (Wildman–Crippen MR) is 75.5 cm³/mol. The molecule has 0 atom stereocenters. The van der Waals surface area contributed by atoms with Gasteiger partial charge in [0.1, 0.15) is 0 Å². The van der Waals surface area contributed by atoms with Crippen LogP contribution in [-0.4, -0.2) is 27.7 Å². The topological polar surface area (TPSA) is 92.5 Å². The maximum absolute atomic E-state index is 11.8. The Bertz CT molecular complexity index is 531. The number of hydrogen-bond acceptors (Lipinski definition) is 5. The predicted octanol–water partition coefficient (Wildman–Crippen LogP) is 0.804. The highest BCUT2D eigenvalue weighted by molar-refractivity contribution is 8.13. The van der Waals surface area contributed by atoms with E-state index in [-0.39, 0.29) is 30.0 Å². The van der Waals surface area contributed by atoms with Gasteiger partial charge in [0.2, 0.25) is 11.8 Å². The summed E-state index contributed by atoms with van der Waals surface area (Å²) in [6, 6.07) is 7.21. The Labute approximate surface area is 120 Å². The van der Waals surface area contributed by atoms with E-state index >= 15 is 0 Å². The average molecular weight is 293 g/mol. The molecule has 3 N–H and O–H groups in total. The summed E-state index contributed by atoms with van der Waals surface area (Å²) in [7, 11) is 0. The van der Waals surface area contributed by atoms with E-state index in [9.17, 15) is 14.4 Å². The van der Waals surface area contributed by atoms with Gasteiger partial charge in [0.15, 0.2) is 0 Å². The highest BCUT2D eigenvalue weighted by Crippen LogP contribution is 2.22. The van der Waals surface area contributed by atoms with E-state index in [0.717, 1.165) is 22.9 Å². The summed E-state index contributed by atoms with van der Waals surface area (Å²) in [4.78, 5) is 36.2. The first-order valence-corrected chi connectivity index (χ1v) is 7.13. The van der Waals surface area contributed by atoms with Gasteiger partial charge in [-0.25, -0.2) is 5.84 Å². The molecule has 20 heavy (non-hydrogen) atoms. The van der Waals surface area contributed by atoms with Gasteiger partial charge in [-0.15, -0.1) is 0 Å². The number of imide groups is 1. The molecule has 0 radical (unpaired) electrons. The molecular formula is C13H15N3O3S. The minimum Gasteiger partial charge on any atom is -0.294 e. The van der Waals surface area contributed by atoms with Gasteiger partial charge in [-0.1, -0.05) is 36.0 Å². The van der Waals surface area contributed by atoms with Crippen LogP contribution in [0.3, 0.4) is 0 Å². The van der Waals surface area contributed by atoms with Gasteiger partial charge in [-0.05, 0) is 11.1 Å². The van der Waals surface area contributed by atoms with Gasteiger partial charge in [0, 0.05) is 12.2 Å². The van der Waals surface area contributed by atoms with Crippen molar-refractivity contribution in [1.29, 1.82) is 0 Å². The Hall–Kier alpha value is -1.86. The number of carbonyl (C=O) groups excluding carboxylic acids is 3. The third kappa shape index (κ3) is 3.37. The Morgan fingerprint density at radius 3 is 2.65 bits per heavy atom. The zero-order valence-electron chi connectivity index (χ0n) is 10.8. The lowest BCUT2D eigenvalue weighted by atomic mass is 10.0. The molecule has 0 spiro atoms. The van der Waals surface area contributed by atoms with Crippen LogP contribution in [0.25, 0.3) is 0 Å². The van der Waals surface area contributed by atoms with Crippen LogP contribution in [0.2, 0.25) is 0 Å². The van der Waals surface area contributed by atoms with Crippen LogP contribution in [0.1, 0.15) is 17.5 Å². The van der Waals surface area contributed by atoms with Crippen LogP contribution in [0.5, 0.6) is 0 Å². The highest BCUT2D eigenvalue weighted by Gasteiger charge is 2.27. The lowest BCUT2D eigenvalue weighted by Crippen LogP contribution is -2.38. The Morgan fingerprint density at radius 2 is 2.00 bits per heavy atom. The smallest absolute Gasteiger partial charge is 0.288 e. The van der Waals surface area contributed by atoms with Crippen molar-refractivity contribution in [1.82, 2.24) is 10.3 Å². The summed E-state index contributed by atoms with van der Waals surface area (Å²) in [6.45, 7) is 0.193. The summed E-state index contributed by atoms with van der Waals surface area (Å²) in [5, 5.41) is -0.237. The molecule has 1 aromatic carbocycles. The molecule has 1 saturated heterocycles. The zero-order chi connectivity index (χ0) is 14.5. The van der Waals surface area contributed by atoms with Gasteiger partial charge in [0.25, 0.3) is 5.24 Å². The molecule has 7 heteroatoms. The second-order valence-corrected chi connectivity index (χ2v) is 5.40. The van der Waals surface area contributed by atoms with Crippen molar-refractivity contribution in [2.24, 2.45) is 5.84 Å². The lowest BCUT2D eigenvalue weighted by molar-refractivity contribution is -0.128. The normalized spacial score (nSPS) is 15.3. The molecule has 1 heterocycles. The number of carbonyl (C=O) groups is 3. The molecular weight excluding hydrogens is 278 g/mol. The fourth-order valence-corrected chi connectivity index (χ4v) is 2.75. The SMILES string of the molecule is NNC(=O)Cc1ccccc1CN1C(=O)CCSC1=O. The molecule has 1 aliphatic heterocycles. The van der Waals surface area contributed by atoms with Crippen LogP contribution in [0.15, 0.2) is 24.3 Å². The van der Waals surface area contributed by atoms with Crippen LogP contribution < -0.4 is 11.3 Å². The Balaban J connectivity index is 2.18. The second kappa shape index (κ2) is 6.53. The summed E-state index contributed by atoms with van der Waals surface area (Å²) >= 11 is 1.14. The summed E-state index contributed by atoms with van der Waals surface area (Å²) in [6.07, 6.45) is 0.484. The summed E-state index contributed by atoms with van der Waals surface area (Å²) < 4.78 is 0. The monoisotopic (exact) mass is 293 g/mol. The van der Waals surface area contributed by atoms with Crippen molar-refractivity contribution in [3.63, 3.8) is 0 Å². The van der Waals surface area contributed by atoms with Gasteiger partial charge in [-0.3, -0.25) is 24.7 Å². The number of nitrogens with two attached hydrogens (primary N) is 1. The van der Waals surface area contributed by atoms with Gasteiger partial charge < -0.3 is 0 Å². The van der Waals surface area contributed by atoms with Gasteiger partial charge >= 0.3 is 0 Å². The maximum atomic E-state index is 11.8. The van der Waals surface area contributed by atoms with E-state index in [2.05, 4.69) is 5.43 Å². The standard InChI is InChI=1S/C13H15N3O3S/c14-15-11(17)7-9-3-1-2-4-10(9)8-16-12(18)5-6-20-13(16)19/h1-4H,5-8,14H2,(H,15,17). The summed E-state index contributed by atoms with van der Waals surface area (Å²) in [5.41, 5.74) is 3.61. The van der Waals surface area contributed by atoms with E-state index in [1.165, 1.54) is 4.90 Å². The van der Waals surface area contributed by atoms with Crippen LogP contribution in [-0.2, 0) is 22.6 Å². The molecule has 1 aliphatic rings. The lowest BCUT2D eigenvalue weighted by Gasteiger charge is -2.25. The molecule has 0 bridgehead atoms. The first-order valence-electron chi connectivity index (χ1n) is 6.15. The maximum Gasteiger partial charge on any atom is 0.288 e. The van der Waals surface area contributed by atoms with Crippen molar-refractivity contribution >= 4 is 28.8 Å². The van der Waals surface area contributed by atoms with Gasteiger partial charge in [-0.2, -0.15) is 0 Å². The molecule has 0 saturated carbocycles. The highest BCUT2D eigenvalue weighted by atomic mass is 32.2. The van der Waals surface area contributed by atoms with Crippen molar-refractivity contribution in [2.45, 2.75) is 19.4 Å². The molecule has 1 fully saturated rings. The van der Waals surface area contributed by atoms with E-state index in [0.29, 0.717) is 12.2 Å². The van der Waals surface area contributed by atoms with E-state index in [1.54, 1.807) is 18.2 Å². The molecule has 0 aromatic heterocycles. The number of hydrazine groups is 1. The molecule has 0 aliphatic carbocycles. The summed E-state index contributed by atoms with van der Waals surface area (Å²) in [5.74, 6) is 5.12. The Kier molecular flexibility index (Phi) is 4.75. The third-order valence-electron chi connectivity index (χ3n) is 3.02. The minimum absolute atomic E-state index is 0.121. The fraction of sp³-hybridized carbons (Fsp3) is 0.308. The largest absolute Gasteiger partial charge is 0.294 e. The van der Waals surface area contributed by atoms with Crippen LogP contribution in [0.4, 0.5) is 4.79 Å². The number of hydrogen-bond donors (Lipinski definition) is 2. The number of nitrogens with zero attached hydrogens (tertiary/aromatic N) is 1. The second-order valence-electron chi connectivity index (χ2n) is 4.36. The van der Waals surface area contributed by atoms with E-state index in [1.807, 2.05) is 6.07 Å². The number of rotatable bonds is 4. The quantitative estimate of drug-likeness (QED) is 0.487. The van der Waals surface area contributed by atoms with Crippen molar-refractivity contribution in [2.75, 3.05) is 5.75 Å². The molecule has 1 aromatic rings. The average Bonchev–Trinajstić information content (AvgIpc) is 2.44. The first kappa shape index (κ1) is 14.5. The molecule has 2 rings (SSSR count). The minimum atomic E-state index is -0.317. The molecule has 0 unspecified atom stereocenters. The van der Waals surface area contributed by atoms with E-state index in [4.69, 9.17) is 5.84 Å². The fourth-order valence-electron chi connectivity index (χ4n) is 1.97. The van der Waals surface area contributed by atoms with Gasteiger partial charge in [0.05, 0.1) is 13.0 Å². The first-order chi connectivity index (χ1) is 9.61. The van der Waals surface area contributed by atoms with Crippen molar-refractivity contribution < 1.29 is 14.4 Å². The number of thioether (sulfide) groups is 1. The molecule has 6 nitrogen and oxygen atoms in total. The number of nitrogens with one attached hydrogen (secondary N) is 1.